The number of nitrogens with zero attached hydrogens (tertiary/aromatic N) is 2. The van der Waals surface area contributed by atoms with Gasteiger partial charge in [0.1, 0.15) is 6.61 Å². The van der Waals surface area contributed by atoms with Crippen LogP contribution in [0.25, 0.3) is 0 Å². The molecule has 0 aliphatic rings. The summed E-state index contributed by atoms with van der Waals surface area (Å²) in [5.41, 5.74) is 3.26. The van der Waals surface area contributed by atoms with Crippen LogP contribution in [0.2, 0.25) is 0 Å². The number of carbonyl (C=O) groups excluding carboxylic acids is 1. The van der Waals surface area contributed by atoms with E-state index in [1.54, 1.807) is 12.1 Å². The van der Waals surface area contributed by atoms with Crippen LogP contribution in [0.1, 0.15) is 16.1 Å². The van der Waals surface area contributed by atoms with E-state index in [9.17, 15) is 4.79 Å². The Hall–Kier alpha value is -2.86. The number of thiazole rings is 1. The lowest BCUT2D eigenvalue weighted by atomic mass is 10.2. The van der Waals surface area contributed by atoms with Gasteiger partial charge in [0.05, 0.1) is 11.3 Å². The summed E-state index contributed by atoms with van der Waals surface area (Å²) >= 11 is 1.48. The number of benzene rings is 2. The summed E-state index contributed by atoms with van der Waals surface area (Å²) in [6.45, 7) is 0.154. The highest BCUT2D eigenvalue weighted by Gasteiger charge is 2.09. The van der Waals surface area contributed by atoms with Crippen LogP contribution >= 0.6 is 11.3 Å². The van der Waals surface area contributed by atoms with E-state index < -0.39 is 0 Å². The molecule has 0 saturated heterocycles. The van der Waals surface area contributed by atoms with Crippen LogP contribution in [0.5, 0.6) is 0 Å². The molecule has 0 radical (unpaired) electrons. The van der Waals surface area contributed by atoms with Crippen molar-refractivity contribution in [1.82, 2.24) is 4.98 Å². The topological polar surface area (TPSA) is 54.5 Å². The second-order valence-corrected chi connectivity index (χ2v) is 6.51. The third kappa shape index (κ3) is 4.58. The number of ether oxygens (including phenoxy) is 1. The first-order valence-corrected chi connectivity index (χ1v) is 8.71. The van der Waals surface area contributed by atoms with Gasteiger partial charge in [-0.2, -0.15) is 0 Å². The molecule has 0 bridgehead atoms. The molecular weight excluding hydrogens is 334 g/mol. The molecule has 0 atom stereocenters. The molecule has 0 aliphatic carbocycles. The van der Waals surface area contributed by atoms with E-state index in [4.69, 9.17) is 4.74 Å². The number of rotatable bonds is 6. The Labute approximate surface area is 150 Å². The SMILES string of the molecule is CN(C)c1ccc(C(=O)OCc2csc(Nc3ccccc3)n2)cc1. The van der Waals surface area contributed by atoms with Gasteiger partial charge in [-0.15, -0.1) is 11.3 Å². The van der Waals surface area contributed by atoms with Gasteiger partial charge in [-0.05, 0) is 36.4 Å². The number of aromatic nitrogens is 1. The van der Waals surface area contributed by atoms with E-state index >= 15 is 0 Å². The fourth-order valence-electron chi connectivity index (χ4n) is 2.19. The van der Waals surface area contributed by atoms with Gasteiger partial charge < -0.3 is 15.0 Å². The van der Waals surface area contributed by atoms with Crippen molar-refractivity contribution >= 4 is 33.8 Å². The molecule has 0 amide bonds. The number of anilines is 3. The summed E-state index contributed by atoms with van der Waals surface area (Å²) in [5.74, 6) is -0.351. The zero-order chi connectivity index (χ0) is 17.6. The molecule has 3 rings (SSSR count). The quantitative estimate of drug-likeness (QED) is 0.669. The third-order valence-corrected chi connectivity index (χ3v) is 4.35. The molecular formula is C19H19N3O2S. The molecule has 25 heavy (non-hydrogen) atoms. The summed E-state index contributed by atoms with van der Waals surface area (Å²) in [6.07, 6.45) is 0. The Morgan fingerprint density at radius 3 is 2.52 bits per heavy atom. The summed E-state index contributed by atoms with van der Waals surface area (Å²) < 4.78 is 5.34. The van der Waals surface area contributed by atoms with Crippen molar-refractivity contribution < 1.29 is 9.53 Å². The highest BCUT2D eigenvalue weighted by Crippen LogP contribution is 2.21. The Balaban J connectivity index is 1.55. The van der Waals surface area contributed by atoms with Gasteiger partial charge >= 0.3 is 5.97 Å². The van der Waals surface area contributed by atoms with E-state index in [2.05, 4.69) is 10.3 Å². The summed E-state index contributed by atoms with van der Waals surface area (Å²) in [4.78, 5) is 18.5. The molecule has 1 N–H and O–H groups in total. The van der Waals surface area contributed by atoms with Gasteiger partial charge in [-0.1, -0.05) is 18.2 Å². The van der Waals surface area contributed by atoms with Gasteiger partial charge in [0, 0.05) is 30.9 Å². The minimum atomic E-state index is -0.351. The molecule has 5 nitrogen and oxygen atoms in total. The maximum Gasteiger partial charge on any atom is 0.338 e. The Morgan fingerprint density at radius 2 is 1.84 bits per heavy atom. The molecule has 1 heterocycles. The number of hydrogen-bond donors (Lipinski definition) is 1. The largest absolute Gasteiger partial charge is 0.456 e. The van der Waals surface area contributed by atoms with Crippen LogP contribution in [0, 0.1) is 0 Å². The fraction of sp³-hybridized carbons (Fsp3) is 0.158. The molecule has 0 unspecified atom stereocenters. The van der Waals surface area contributed by atoms with Gasteiger partial charge in [0.25, 0.3) is 0 Å². The van der Waals surface area contributed by atoms with Crippen LogP contribution in [0.15, 0.2) is 60.0 Å². The smallest absolute Gasteiger partial charge is 0.338 e. The van der Waals surface area contributed by atoms with Crippen LogP contribution in [0.4, 0.5) is 16.5 Å². The highest BCUT2D eigenvalue weighted by molar-refractivity contribution is 7.13. The highest BCUT2D eigenvalue weighted by atomic mass is 32.1. The summed E-state index contributed by atoms with van der Waals surface area (Å²) in [6, 6.07) is 17.1. The van der Waals surface area contributed by atoms with Crippen molar-refractivity contribution in [2.24, 2.45) is 0 Å². The van der Waals surface area contributed by atoms with Crippen LogP contribution in [-0.4, -0.2) is 25.0 Å². The fourth-order valence-corrected chi connectivity index (χ4v) is 2.91. The minimum Gasteiger partial charge on any atom is -0.456 e. The van der Waals surface area contributed by atoms with Gasteiger partial charge in [-0.25, -0.2) is 9.78 Å². The normalized spacial score (nSPS) is 10.3. The van der Waals surface area contributed by atoms with Gasteiger partial charge in [-0.3, -0.25) is 0 Å². The van der Waals surface area contributed by atoms with E-state index in [-0.39, 0.29) is 12.6 Å². The minimum absolute atomic E-state index is 0.154. The first-order valence-electron chi connectivity index (χ1n) is 7.83. The zero-order valence-corrected chi connectivity index (χ0v) is 14.9. The standard InChI is InChI=1S/C19H19N3O2S/c1-22(2)17-10-8-14(9-11-17)18(23)24-12-16-13-25-19(21-16)20-15-6-4-3-5-7-15/h3-11,13H,12H2,1-2H3,(H,20,21). The Kier molecular flexibility index (Phi) is 5.30. The van der Waals surface area contributed by atoms with Crippen molar-refractivity contribution in [3.63, 3.8) is 0 Å². The lowest BCUT2D eigenvalue weighted by Crippen LogP contribution is -2.09. The van der Waals surface area contributed by atoms with Gasteiger partial charge in [0.15, 0.2) is 5.13 Å². The van der Waals surface area contributed by atoms with E-state index in [1.807, 2.05) is 66.8 Å². The lowest BCUT2D eigenvalue weighted by Gasteiger charge is -2.12. The van der Waals surface area contributed by atoms with E-state index in [0.717, 1.165) is 22.2 Å². The molecule has 0 spiro atoms. The molecule has 0 aliphatic heterocycles. The third-order valence-electron chi connectivity index (χ3n) is 3.55. The van der Waals surface area contributed by atoms with Crippen LogP contribution < -0.4 is 10.2 Å². The molecule has 2 aromatic carbocycles. The maximum absolute atomic E-state index is 12.1. The maximum atomic E-state index is 12.1. The van der Waals surface area contributed by atoms with Crippen molar-refractivity contribution in [3.05, 3.63) is 71.2 Å². The lowest BCUT2D eigenvalue weighted by molar-refractivity contribution is 0.0468. The predicted molar refractivity (Wildman–Crippen MR) is 102 cm³/mol. The van der Waals surface area contributed by atoms with Crippen molar-refractivity contribution in [1.29, 1.82) is 0 Å². The molecule has 0 saturated carbocycles. The average Bonchev–Trinajstić information content (AvgIpc) is 3.08. The molecule has 1 aromatic heterocycles. The molecule has 128 valence electrons. The Morgan fingerprint density at radius 1 is 1.12 bits per heavy atom. The van der Waals surface area contributed by atoms with E-state index in [1.165, 1.54) is 11.3 Å². The molecule has 0 fully saturated rings. The number of hydrogen-bond acceptors (Lipinski definition) is 6. The predicted octanol–water partition coefficient (Wildman–Crippen LogP) is 4.31. The number of para-hydroxylation sites is 1. The second-order valence-electron chi connectivity index (χ2n) is 5.65. The number of esters is 1. The van der Waals surface area contributed by atoms with E-state index in [0.29, 0.717) is 5.56 Å². The van der Waals surface area contributed by atoms with Crippen molar-refractivity contribution in [2.45, 2.75) is 6.61 Å². The Bertz CT molecular complexity index is 829. The first kappa shape index (κ1) is 17.0. The molecule has 6 heteroatoms. The second kappa shape index (κ2) is 7.81. The zero-order valence-electron chi connectivity index (χ0n) is 14.1. The number of carbonyl (C=O) groups is 1. The average molecular weight is 353 g/mol. The van der Waals surface area contributed by atoms with Crippen LogP contribution in [-0.2, 0) is 11.3 Å². The summed E-state index contributed by atoms with van der Waals surface area (Å²) in [5, 5.41) is 5.88. The van der Waals surface area contributed by atoms with Crippen molar-refractivity contribution in [2.75, 3.05) is 24.3 Å². The van der Waals surface area contributed by atoms with Gasteiger partial charge in [0.2, 0.25) is 0 Å². The summed E-state index contributed by atoms with van der Waals surface area (Å²) in [7, 11) is 3.91. The monoisotopic (exact) mass is 353 g/mol. The first-order chi connectivity index (χ1) is 12.1. The van der Waals surface area contributed by atoms with Crippen LogP contribution in [0.3, 0.4) is 0 Å². The molecule has 3 aromatic rings. The number of nitrogens with one attached hydrogen (secondary N) is 1. The van der Waals surface area contributed by atoms with Crippen molar-refractivity contribution in [3.8, 4) is 0 Å².